The topological polar surface area (TPSA) is 55.4 Å². The summed E-state index contributed by atoms with van der Waals surface area (Å²) in [6.45, 7) is 1.57. The average Bonchev–Trinajstić information content (AvgIpc) is 3.00. The van der Waals surface area contributed by atoms with Gasteiger partial charge in [-0.15, -0.1) is 11.3 Å². The lowest BCUT2D eigenvalue weighted by Crippen LogP contribution is -2.30. The van der Waals surface area contributed by atoms with Crippen LogP contribution >= 0.6 is 22.9 Å². The van der Waals surface area contributed by atoms with Crippen molar-refractivity contribution in [1.29, 1.82) is 0 Å². The van der Waals surface area contributed by atoms with Crippen molar-refractivity contribution in [3.05, 3.63) is 57.2 Å². The minimum absolute atomic E-state index is 0.105. The predicted octanol–water partition coefficient (Wildman–Crippen LogP) is 3.44. The number of halogens is 1. The Morgan fingerprint density at radius 1 is 1.29 bits per heavy atom. The Balaban J connectivity index is 1.81. The Hall–Kier alpha value is -1.85. The molecule has 0 radical (unpaired) electrons. The molecule has 1 atom stereocenters. The Kier molecular flexibility index (Phi) is 5.36. The molecule has 21 heavy (non-hydrogen) atoms. The van der Waals surface area contributed by atoms with Crippen LogP contribution in [0.5, 0.6) is 0 Å². The van der Waals surface area contributed by atoms with Gasteiger partial charge in [-0.2, -0.15) is 0 Å². The van der Waals surface area contributed by atoms with Crippen LogP contribution < -0.4 is 5.32 Å². The Labute approximate surface area is 131 Å². The molecular formula is C15H14ClNO3S. The van der Waals surface area contributed by atoms with E-state index < -0.39 is 5.97 Å². The van der Waals surface area contributed by atoms with E-state index >= 15 is 0 Å². The molecule has 1 unspecified atom stereocenters. The van der Waals surface area contributed by atoms with Crippen LogP contribution in [0.4, 0.5) is 0 Å². The first-order valence-electron chi connectivity index (χ1n) is 6.31. The van der Waals surface area contributed by atoms with Gasteiger partial charge in [-0.1, -0.05) is 17.7 Å². The zero-order valence-electron chi connectivity index (χ0n) is 11.3. The highest BCUT2D eigenvalue weighted by Crippen LogP contribution is 2.17. The van der Waals surface area contributed by atoms with Gasteiger partial charge in [-0.3, -0.25) is 4.79 Å². The third-order valence-corrected chi connectivity index (χ3v) is 4.07. The van der Waals surface area contributed by atoms with Gasteiger partial charge in [0.1, 0.15) is 0 Å². The smallest absolute Gasteiger partial charge is 0.338 e. The van der Waals surface area contributed by atoms with E-state index in [9.17, 15) is 9.59 Å². The molecule has 1 amide bonds. The third-order valence-electron chi connectivity index (χ3n) is 2.76. The van der Waals surface area contributed by atoms with Crippen molar-refractivity contribution in [2.45, 2.75) is 13.0 Å². The summed E-state index contributed by atoms with van der Waals surface area (Å²) in [4.78, 5) is 24.5. The monoisotopic (exact) mass is 323 g/mol. The van der Waals surface area contributed by atoms with Crippen LogP contribution in [0.15, 0.2) is 41.8 Å². The van der Waals surface area contributed by atoms with Gasteiger partial charge in [-0.25, -0.2) is 4.79 Å². The fraction of sp³-hybridized carbons (Fsp3) is 0.200. The normalized spacial score (nSPS) is 11.7. The van der Waals surface area contributed by atoms with E-state index in [1.807, 2.05) is 24.4 Å². The van der Waals surface area contributed by atoms with Gasteiger partial charge in [0.05, 0.1) is 11.6 Å². The molecule has 0 saturated carbocycles. The van der Waals surface area contributed by atoms with E-state index in [2.05, 4.69) is 5.32 Å². The van der Waals surface area contributed by atoms with Crippen molar-refractivity contribution >= 4 is 34.8 Å². The Bertz CT molecular complexity index is 610. The predicted molar refractivity (Wildman–Crippen MR) is 82.6 cm³/mol. The second-order valence-corrected chi connectivity index (χ2v) is 5.80. The van der Waals surface area contributed by atoms with Crippen molar-refractivity contribution in [2.24, 2.45) is 0 Å². The minimum Gasteiger partial charge on any atom is -0.452 e. The van der Waals surface area contributed by atoms with E-state index in [0.717, 1.165) is 4.88 Å². The highest BCUT2D eigenvalue weighted by atomic mass is 35.5. The summed E-state index contributed by atoms with van der Waals surface area (Å²) in [6.07, 6.45) is 0. The summed E-state index contributed by atoms with van der Waals surface area (Å²) >= 11 is 7.30. The second kappa shape index (κ2) is 7.24. The third kappa shape index (κ3) is 4.58. The molecule has 110 valence electrons. The van der Waals surface area contributed by atoms with Gasteiger partial charge in [-0.05, 0) is 42.6 Å². The molecule has 0 saturated heterocycles. The van der Waals surface area contributed by atoms with Gasteiger partial charge in [0, 0.05) is 9.90 Å². The van der Waals surface area contributed by atoms with E-state index in [-0.39, 0.29) is 18.6 Å². The maximum absolute atomic E-state index is 11.7. The number of esters is 1. The van der Waals surface area contributed by atoms with Gasteiger partial charge in [0.15, 0.2) is 6.61 Å². The number of carbonyl (C=O) groups is 2. The quantitative estimate of drug-likeness (QED) is 0.858. The molecular weight excluding hydrogens is 310 g/mol. The number of carbonyl (C=O) groups excluding carboxylic acids is 2. The van der Waals surface area contributed by atoms with Crippen LogP contribution in [0.1, 0.15) is 28.2 Å². The molecule has 2 rings (SSSR count). The molecule has 0 aliphatic carbocycles. The Morgan fingerprint density at radius 3 is 2.62 bits per heavy atom. The highest BCUT2D eigenvalue weighted by molar-refractivity contribution is 7.10. The number of rotatable bonds is 5. The summed E-state index contributed by atoms with van der Waals surface area (Å²) in [5, 5.41) is 5.25. The average molecular weight is 324 g/mol. The maximum atomic E-state index is 11.7. The van der Waals surface area contributed by atoms with Crippen LogP contribution in [0, 0.1) is 0 Å². The van der Waals surface area contributed by atoms with E-state index in [1.54, 1.807) is 35.6 Å². The molecule has 1 heterocycles. The summed E-state index contributed by atoms with van der Waals surface area (Å²) in [5.41, 5.74) is 0.360. The van der Waals surface area contributed by atoms with Crippen molar-refractivity contribution in [2.75, 3.05) is 6.61 Å². The van der Waals surface area contributed by atoms with Crippen molar-refractivity contribution in [1.82, 2.24) is 5.32 Å². The number of ether oxygens (including phenoxy) is 1. The highest BCUT2D eigenvalue weighted by Gasteiger charge is 2.13. The first kappa shape index (κ1) is 15.5. The number of nitrogens with one attached hydrogen (secondary N) is 1. The van der Waals surface area contributed by atoms with E-state index in [1.165, 1.54) is 0 Å². The number of hydrogen-bond acceptors (Lipinski definition) is 4. The minimum atomic E-state index is -0.550. The van der Waals surface area contributed by atoms with E-state index in [0.29, 0.717) is 10.6 Å². The number of benzene rings is 1. The standard InChI is InChI=1S/C15H14ClNO3S/c1-10(13-3-2-8-21-13)17-14(18)9-20-15(19)11-4-6-12(16)7-5-11/h2-8,10H,9H2,1H3,(H,17,18). The van der Waals surface area contributed by atoms with Crippen LogP contribution in [0.2, 0.25) is 5.02 Å². The summed E-state index contributed by atoms with van der Waals surface area (Å²) < 4.78 is 4.96. The molecule has 0 fully saturated rings. The van der Waals surface area contributed by atoms with Gasteiger partial charge < -0.3 is 10.1 Å². The summed E-state index contributed by atoms with van der Waals surface area (Å²) in [7, 11) is 0. The van der Waals surface area contributed by atoms with Gasteiger partial charge >= 0.3 is 5.97 Å². The maximum Gasteiger partial charge on any atom is 0.338 e. The van der Waals surface area contributed by atoms with Gasteiger partial charge in [0.25, 0.3) is 5.91 Å². The lowest BCUT2D eigenvalue weighted by molar-refractivity contribution is -0.124. The first-order chi connectivity index (χ1) is 10.1. The van der Waals surface area contributed by atoms with Crippen molar-refractivity contribution < 1.29 is 14.3 Å². The SMILES string of the molecule is CC(NC(=O)COC(=O)c1ccc(Cl)cc1)c1cccs1. The lowest BCUT2D eigenvalue weighted by atomic mass is 10.2. The number of thiophene rings is 1. The second-order valence-electron chi connectivity index (χ2n) is 4.39. The molecule has 0 aliphatic heterocycles. The fourth-order valence-electron chi connectivity index (χ4n) is 1.69. The fourth-order valence-corrected chi connectivity index (χ4v) is 2.55. The van der Waals surface area contributed by atoms with Crippen molar-refractivity contribution in [3.63, 3.8) is 0 Å². The van der Waals surface area contributed by atoms with Crippen LogP contribution in [0.25, 0.3) is 0 Å². The summed E-state index contributed by atoms with van der Waals surface area (Å²) in [6, 6.07) is 10.0. The van der Waals surface area contributed by atoms with Crippen LogP contribution in [0.3, 0.4) is 0 Å². The van der Waals surface area contributed by atoms with Gasteiger partial charge in [0.2, 0.25) is 0 Å². The number of amides is 1. The molecule has 1 N–H and O–H groups in total. The molecule has 0 bridgehead atoms. The first-order valence-corrected chi connectivity index (χ1v) is 7.57. The van der Waals surface area contributed by atoms with Crippen LogP contribution in [-0.4, -0.2) is 18.5 Å². The zero-order chi connectivity index (χ0) is 15.2. The van der Waals surface area contributed by atoms with E-state index in [4.69, 9.17) is 16.3 Å². The van der Waals surface area contributed by atoms with Crippen molar-refractivity contribution in [3.8, 4) is 0 Å². The molecule has 4 nitrogen and oxygen atoms in total. The molecule has 2 aromatic rings. The molecule has 1 aromatic heterocycles. The largest absolute Gasteiger partial charge is 0.452 e. The molecule has 1 aromatic carbocycles. The Morgan fingerprint density at radius 2 is 2.00 bits per heavy atom. The lowest BCUT2D eigenvalue weighted by Gasteiger charge is -2.12. The molecule has 0 aliphatic rings. The molecule has 0 spiro atoms. The van der Waals surface area contributed by atoms with Crippen LogP contribution in [-0.2, 0) is 9.53 Å². The molecule has 6 heteroatoms. The zero-order valence-corrected chi connectivity index (χ0v) is 12.9. The summed E-state index contributed by atoms with van der Waals surface area (Å²) in [5.74, 6) is -0.885. The number of hydrogen-bond donors (Lipinski definition) is 1.